The molecule has 11 atom stereocenters. The first kappa shape index (κ1) is 33.7. The fraction of sp³-hybridized carbons (Fsp3) is 0.744. The lowest BCUT2D eigenvalue weighted by Crippen LogP contribution is -2.67. The molecule has 46 heavy (non-hydrogen) atoms. The Kier molecular flexibility index (Phi) is 8.38. The van der Waals surface area contributed by atoms with Crippen LogP contribution in [0.5, 0.6) is 0 Å². The molecule has 0 unspecified atom stereocenters. The number of allylic oxidation sites excluding steroid dienone is 2. The van der Waals surface area contributed by atoms with Crippen molar-refractivity contribution in [2.75, 3.05) is 6.61 Å². The zero-order valence-corrected chi connectivity index (χ0v) is 29.2. The van der Waals surface area contributed by atoms with Crippen LogP contribution in [0.4, 0.5) is 0 Å². The van der Waals surface area contributed by atoms with Gasteiger partial charge in [0.1, 0.15) is 18.3 Å². The molecule has 1 heterocycles. The smallest absolute Gasteiger partial charge is 0.338 e. The number of ether oxygens (including phenoxy) is 3. The number of aliphatic hydroxyl groups excluding tert-OH is 2. The van der Waals surface area contributed by atoms with E-state index in [-0.39, 0.29) is 57.6 Å². The van der Waals surface area contributed by atoms with Gasteiger partial charge in [-0.15, -0.1) is 0 Å². The van der Waals surface area contributed by atoms with Gasteiger partial charge in [-0.3, -0.25) is 4.79 Å². The first-order valence-electron chi connectivity index (χ1n) is 17.6. The summed E-state index contributed by atoms with van der Waals surface area (Å²) in [5.74, 6) is 0.352. The molecule has 0 spiro atoms. The molecule has 0 aromatic heterocycles. The highest BCUT2D eigenvalue weighted by Gasteiger charge is 2.69. The van der Waals surface area contributed by atoms with Crippen molar-refractivity contribution in [1.29, 1.82) is 0 Å². The molecular formula is C39H56O7. The number of benzene rings is 1. The van der Waals surface area contributed by atoms with Crippen molar-refractivity contribution < 1.29 is 34.0 Å². The zero-order chi connectivity index (χ0) is 33.4. The molecule has 0 radical (unpaired) electrons. The Morgan fingerprint density at radius 3 is 2.17 bits per heavy atom. The minimum atomic E-state index is -0.911. The lowest BCUT2D eigenvalue weighted by atomic mass is 9.37. The number of esters is 2. The molecule has 254 valence electrons. The molecule has 6 rings (SSSR count). The van der Waals surface area contributed by atoms with Gasteiger partial charge in [-0.05, 0) is 99.0 Å². The van der Waals surface area contributed by atoms with Crippen LogP contribution in [0.3, 0.4) is 0 Å². The second kappa shape index (κ2) is 11.4. The maximum absolute atomic E-state index is 13.3. The lowest BCUT2D eigenvalue weighted by Gasteiger charge is -2.68. The fourth-order valence-electron chi connectivity index (χ4n) is 11.7. The number of carbonyl (C=O) groups is 2. The molecule has 1 aliphatic heterocycles. The Morgan fingerprint density at radius 2 is 1.50 bits per heavy atom. The van der Waals surface area contributed by atoms with E-state index < -0.39 is 17.8 Å². The first-order chi connectivity index (χ1) is 21.5. The quantitative estimate of drug-likeness (QED) is 0.274. The van der Waals surface area contributed by atoms with Crippen molar-refractivity contribution in [2.45, 2.75) is 130 Å². The average Bonchev–Trinajstić information content (AvgIpc) is 3.31. The van der Waals surface area contributed by atoms with E-state index in [1.165, 1.54) is 12.5 Å². The summed E-state index contributed by atoms with van der Waals surface area (Å²) in [5.41, 5.74) is 0.559. The van der Waals surface area contributed by atoms with E-state index >= 15 is 0 Å². The predicted molar refractivity (Wildman–Crippen MR) is 176 cm³/mol. The minimum Gasteiger partial charge on any atom is -0.462 e. The second-order valence-electron chi connectivity index (χ2n) is 17.2. The van der Waals surface area contributed by atoms with Crippen molar-refractivity contribution in [1.82, 2.24) is 0 Å². The van der Waals surface area contributed by atoms with Crippen LogP contribution in [0.25, 0.3) is 0 Å². The summed E-state index contributed by atoms with van der Waals surface area (Å²) in [6.07, 6.45) is 6.02. The Bertz CT molecular complexity index is 1370. The van der Waals surface area contributed by atoms with Gasteiger partial charge in [-0.1, -0.05) is 64.5 Å². The van der Waals surface area contributed by atoms with Crippen LogP contribution in [-0.4, -0.2) is 58.8 Å². The van der Waals surface area contributed by atoms with E-state index in [0.717, 1.165) is 32.1 Å². The number of aliphatic hydroxyl groups is 2. The Balaban J connectivity index is 1.30. The molecule has 2 N–H and O–H groups in total. The van der Waals surface area contributed by atoms with Crippen LogP contribution >= 0.6 is 0 Å². The normalized spacial score (nSPS) is 44.4. The van der Waals surface area contributed by atoms with Gasteiger partial charge in [0.2, 0.25) is 0 Å². The minimum absolute atomic E-state index is 0.0313. The number of carbonyl (C=O) groups excluding carboxylic acids is 2. The van der Waals surface area contributed by atoms with Crippen LogP contribution in [0.1, 0.15) is 111 Å². The molecule has 1 aromatic rings. The summed E-state index contributed by atoms with van der Waals surface area (Å²) >= 11 is 0. The van der Waals surface area contributed by atoms with E-state index in [1.807, 2.05) is 32.0 Å². The summed E-state index contributed by atoms with van der Waals surface area (Å²) in [6.45, 7) is 17.5. The van der Waals surface area contributed by atoms with Gasteiger partial charge >= 0.3 is 11.9 Å². The van der Waals surface area contributed by atoms with Crippen LogP contribution in [-0.2, 0) is 19.0 Å². The molecule has 3 saturated carbocycles. The van der Waals surface area contributed by atoms with Gasteiger partial charge in [0.25, 0.3) is 0 Å². The third kappa shape index (κ3) is 5.09. The van der Waals surface area contributed by atoms with E-state index in [0.29, 0.717) is 36.8 Å². The average molecular weight is 637 g/mol. The third-order valence-corrected chi connectivity index (χ3v) is 14.1. The van der Waals surface area contributed by atoms with Crippen molar-refractivity contribution in [3.05, 3.63) is 47.5 Å². The van der Waals surface area contributed by atoms with E-state index in [4.69, 9.17) is 14.2 Å². The molecule has 0 bridgehead atoms. The largest absolute Gasteiger partial charge is 0.462 e. The van der Waals surface area contributed by atoms with E-state index in [1.54, 1.807) is 12.1 Å². The lowest BCUT2D eigenvalue weighted by molar-refractivity contribution is -0.235. The van der Waals surface area contributed by atoms with Gasteiger partial charge < -0.3 is 24.4 Å². The topological polar surface area (TPSA) is 102 Å². The Hall–Kier alpha value is -2.22. The number of hydrogen-bond donors (Lipinski definition) is 2. The summed E-state index contributed by atoms with van der Waals surface area (Å²) < 4.78 is 18.8. The summed E-state index contributed by atoms with van der Waals surface area (Å²) in [6, 6.07) is 9.14. The van der Waals surface area contributed by atoms with E-state index in [2.05, 4.69) is 40.7 Å². The fourth-order valence-corrected chi connectivity index (χ4v) is 11.7. The number of hydrogen-bond acceptors (Lipinski definition) is 7. The summed E-state index contributed by atoms with van der Waals surface area (Å²) in [4.78, 5) is 26.0. The van der Waals surface area contributed by atoms with Gasteiger partial charge in [0.05, 0.1) is 23.9 Å². The number of rotatable bonds is 4. The molecule has 5 aliphatic rings. The maximum Gasteiger partial charge on any atom is 0.338 e. The van der Waals surface area contributed by atoms with Crippen LogP contribution in [0, 0.1) is 45.3 Å². The maximum atomic E-state index is 13.3. The van der Waals surface area contributed by atoms with E-state index in [9.17, 15) is 19.8 Å². The predicted octanol–water partition coefficient (Wildman–Crippen LogP) is 6.90. The molecule has 7 heteroatoms. The first-order valence-corrected chi connectivity index (χ1v) is 17.6. The molecule has 1 saturated heterocycles. The summed E-state index contributed by atoms with van der Waals surface area (Å²) in [7, 11) is 0. The standard InChI is InChI=1S/C39H56O7/c1-23(40)45-32-21-31(46-34(43)24-12-10-9-11-13-24)35(2,3)28-16-19-38(7)29-15-14-26(37(29,6)18-17-30(38)39(28,32)8)25-20-27(41)33(42)36(4,5)44-22-25/h9-13,15,25-28,30-33,41-42H,14,16-22H2,1-8H3/t25-,26-,27+,28+,30-,31+,32-,33-,37-,38-,39-/m0/s1. The SMILES string of the molecule is CC(=O)O[C@H]1C[C@@H](OC(=O)c2ccccc2)C(C)(C)[C@H]2CC[C@@]3(C)C4=CC[C@@H]([C@@H]5COC(C)(C)[C@@H](O)[C@H](O)C5)[C@]4(C)CC[C@@H]3[C@@]12C. The highest BCUT2D eigenvalue weighted by Crippen LogP contribution is 2.73. The Morgan fingerprint density at radius 1 is 0.848 bits per heavy atom. The Labute approximate surface area is 275 Å². The van der Waals surface area contributed by atoms with Crippen LogP contribution in [0.2, 0.25) is 0 Å². The highest BCUT2D eigenvalue weighted by molar-refractivity contribution is 5.89. The molecule has 4 fully saturated rings. The van der Waals surface area contributed by atoms with Crippen LogP contribution < -0.4 is 0 Å². The zero-order valence-electron chi connectivity index (χ0n) is 29.2. The van der Waals surface area contributed by atoms with Gasteiger partial charge in [-0.2, -0.15) is 0 Å². The molecular weight excluding hydrogens is 580 g/mol. The monoisotopic (exact) mass is 636 g/mol. The molecule has 1 aromatic carbocycles. The van der Waals surface area contributed by atoms with Gasteiger partial charge in [0.15, 0.2) is 0 Å². The molecule has 4 aliphatic carbocycles. The van der Waals surface area contributed by atoms with Crippen molar-refractivity contribution in [3.8, 4) is 0 Å². The third-order valence-electron chi connectivity index (χ3n) is 14.1. The van der Waals surface area contributed by atoms with Crippen molar-refractivity contribution in [2.24, 2.45) is 45.3 Å². The van der Waals surface area contributed by atoms with Crippen molar-refractivity contribution >= 4 is 11.9 Å². The number of fused-ring (bicyclic) bond motifs is 5. The van der Waals surface area contributed by atoms with Gasteiger partial charge in [-0.25, -0.2) is 4.79 Å². The molecule has 7 nitrogen and oxygen atoms in total. The van der Waals surface area contributed by atoms with Crippen LogP contribution in [0.15, 0.2) is 42.0 Å². The highest BCUT2D eigenvalue weighted by atomic mass is 16.6. The summed E-state index contributed by atoms with van der Waals surface area (Å²) in [5, 5.41) is 21.8. The van der Waals surface area contributed by atoms with Crippen molar-refractivity contribution in [3.63, 3.8) is 0 Å². The molecule has 0 amide bonds. The van der Waals surface area contributed by atoms with Gasteiger partial charge in [0, 0.05) is 24.2 Å². The second-order valence-corrected chi connectivity index (χ2v) is 17.2.